The molecule has 0 rings (SSSR count). The van der Waals surface area contributed by atoms with E-state index in [-0.39, 0.29) is 19.1 Å². The minimum Gasteiger partial charge on any atom is -0.464 e. The molecular formula is C11H20O4. The van der Waals surface area contributed by atoms with Crippen molar-refractivity contribution in [2.24, 2.45) is 0 Å². The van der Waals surface area contributed by atoms with Crippen LogP contribution in [0.5, 0.6) is 0 Å². The van der Waals surface area contributed by atoms with Gasteiger partial charge in [-0.3, -0.25) is 0 Å². The van der Waals surface area contributed by atoms with E-state index in [2.05, 4.69) is 6.58 Å². The van der Waals surface area contributed by atoms with Crippen LogP contribution in [0.25, 0.3) is 0 Å². The van der Waals surface area contributed by atoms with Gasteiger partial charge in [0, 0.05) is 13.0 Å². The van der Waals surface area contributed by atoms with Crippen LogP contribution in [0.1, 0.15) is 26.7 Å². The molecular weight excluding hydrogens is 196 g/mol. The van der Waals surface area contributed by atoms with E-state index in [0.717, 1.165) is 0 Å². The Kier molecular flexibility index (Phi) is 7.95. The van der Waals surface area contributed by atoms with Crippen molar-refractivity contribution in [3.05, 3.63) is 12.7 Å². The summed E-state index contributed by atoms with van der Waals surface area (Å²) in [5.74, 6) is -0.591. The van der Waals surface area contributed by atoms with E-state index in [1.807, 2.05) is 6.92 Å². The highest BCUT2D eigenvalue weighted by Gasteiger charge is 2.21. The Morgan fingerprint density at radius 3 is 2.60 bits per heavy atom. The molecule has 0 aliphatic rings. The minimum atomic E-state index is -1.11. The van der Waals surface area contributed by atoms with E-state index < -0.39 is 12.1 Å². The number of hydrogen-bond donors (Lipinski definition) is 1. The van der Waals surface area contributed by atoms with Crippen LogP contribution in [-0.2, 0) is 14.3 Å². The molecule has 0 amide bonds. The summed E-state index contributed by atoms with van der Waals surface area (Å²) in [6, 6.07) is 0. The first-order valence-electron chi connectivity index (χ1n) is 5.22. The third kappa shape index (κ3) is 6.25. The van der Waals surface area contributed by atoms with Gasteiger partial charge in [-0.15, -0.1) is 6.58 Å². The third-order valence-electron chi connectivity index (χ3n) is 1.88. The third-order valence-corrected chi connectivity index (χ3v) is 1.88. The molecule has 1 N–H and O–H groups in total. The molecule has 0 aliphatic carbocycles. The fraction of sp³-hybridized carbons (Fsp3) is 0.727. The quantitative estimate of drug-likeness (QED) is 0.490. The molecule has 0 aromatic heterocycles. The summed E-state index contributed by atoms with van der Waals surface area (Å²) < 4.78 is 10.0. The van der Waals surface area contributed by atoms with Crippen molar-refractivity contribution in [1.82, 2.24) is 0 Å². The van der Waals surface area contributed by atoms with Crippen molar-refractivity contribution in [3.8, 4) is 0 Å². The zero-order chi connectivity index (χ0) is 11.7. The van der Waals surface area contributed by atoms with Gasteiger partial charge in [0.25, 0.3) is 0 Å². The first kappa shape index (κ1) is 14.1. The zero-order valence-electron chi connectivity index (χ0n) is 9.44. The molecule has 0 saturated carbocycles. The molecule has 88 valence electrons. The Bertz CT molecular complexity index is 191. The molecule has 0 aliphatic heterocycles. The number of carbonyl (C=O) groups excluding carboxylic acids is 1. The number of hydrogen-bond acceptors (Lipinski definition) is 4. The second kappa shape index (κ2) is 8.44. The van der Waals surface area contributed by atoms with Crippen LogP contribution in [0.3, 0.4) is 0 Å². The van der Waals surface area contributed by atoms with Crippen molar-refractivity contribution >= 4 is 5.97 Å². The SMILES string of the molecule is C=CCC(CC(O)C(=O)OCC)OCC. The molecule has 0 saturated heterocycles. The number of aliphatic hydroxyl groups is 1. The number of aliphatic hydroxyl groups excluding tert-OH is 1. The second-order valence-electron chi connectivity index (χ2n) is 3.11. The summed E-state index contributed by atoms with van der Waals surface area (Å²) in [4.78, 5) is 11.1. The molecule has 0 aromatic rings. The molecule has 4 heteroatoms. The zero-order valence-corrected chi connectivity index (χ0v) is 9.44. The van der Waals surface area contributed by atoms with Gasteiger partial charge in [0.1, 0.15) is 0 Å². The first-order chi connectivity index (χ1) is 7.15. The normalized spacial score (nSPS) is 14.3. The first-order valence-corrected chi connectivity index (χ1v) is 5.22. The number of esters is 1. The van der Waals surface area contributed by atoms with E-state index in [1.165, 1.54) is 0 Å². The predicted molar refractivity (Wildman–Crippen MR) is 57.5 cm³/mol. The van der Waals surface area contributed by atoms with E-state index in [9.17, 15) is 9.90 Å². The maximum Gasteiger partial charge on any atom is 0.335 e. The minimum absolute atomic E-state index is 0.174. The molecule has 2 unspecified atom stereocenters. The maximum atomic E-state index is 11.1. The second-order valence-corrected chi connectivity index (χ2v) is 3.11. The maximum absolute atomic E-state index is 11.1. The van der Waals surface area contributed by atoms with Crippen molar-refractivity contribution in [2.45, 2.75) is 38.9 Å². The van der Waals surface area contributed by atoms with E-state index in [1.54, 1.807) is 13.0 Å². The van der Waals surface area contributed by atoms with Crippen molar-refractivity contribution < 1.29 is 19.4 Å². The average Bonchev–Trinajstić information content (AvgIpc) is 2.18. The Morgan fingerprint density at radius 1 is 1.47 bits per heavy atom. The number of ether oxygens (including phenoxy) is 2. The fourth-order valence-corrected chi connectivity index (χ4v) is 1.24. The summed E-state index contributed by atoms with van der Waals surface area (Å²) in [7, 11) is 0. The molecule has 15 heavy (non-hydrogen) atoms. The highest BCUT2D eigenvalue weighted by molar-refractivity contribution is 5.74. The van der Waals surface area contributed by atoms with Crippen molar-refractivity contribution in [3.63, 3.8) is 0 Å². The summed E-state index contributed by atoms with van der Waals surface area (Å²) in [6.45, 7) is 7.99. The van der Waals surface area contributed by atoms with Crippen LogP contribution in [0.2, 0.25) is 0 Å². The lowest BCUT2D eigenvalue weighted by atomic mass is 10.1. The van der Waals surface area contributed by atoms with Crippen LogP contribution in [-0.4, -0.2) is 36.5 Å². The van der Waals surface area contributed by atoms with Gasteiger partial charge >= 0.3 is 5.97 Å². The van der Waals surface area contributed by atoms with E-state index in [4.69, 9.17) is 9.47 Å². The van der Waals surface area contributed by atoms with Gasteiger partial charge < -0.3 is 14.6 Å². The highest BCUT2D eigenvalue weighted by Crippen LogP contribution is 2.09. The summed E-state index contributed by atoms with van der Waals surface area (Å²) in [5.41, 5.74) is 0. The van der Waals surface area contributed by atoms with Gasteiger partial charge in [-0.25, -0.2) is 4.79 Å². The van der Waals surface area contributed by atoms with Gasteiger partial charge in [-0.05, 0) is 20.3 Å². The van der Waals surface area contributed by atoms with Crippen LogP contribution in [0.4, 0.5) is 0 Å². The standard InChI is InChI=1S/C11H20O4/c1-4-7-9(14-5-2)8-10(12)11(13)15-6-3/h4,9-10,12H,1,5-8H2,2-3H3. The monoisotopic (exact) mass is 216 g/mol. The molecule has 0 fully saturated rings. The molecule has 2 atom stereocenters. The molecule has 0 radical (unpaired) electrons. The highest BCUT2D eigenvalue weighted by atomic mass is 16.5. The Labute approximate surface area is 90.9 Å². The molecule has 0 heterocycles. The molecule has 4 nitrogen and oxygen atoms in total. The van der Waals surface area contributed by atoms with Crippen LogP contribution < -0.4 is 0 Å². The van der Waals surface area contributed by atoms with E-state index >= 15 is 0 Å². The van der Waals surface area contributed by atoms with Crippen molar-refractivity contribution in [2.75, 3.05) is 13.2 Å². The van der Waals surface area contributed by atoms with Gasteiger partial charge in [0.2, 0.25) is 0 Å². The molecule has 0 bridgehead atoms. The lowest BCUT2D eigenvalue weighted by molar-refractivity contribution is -0.155. The smallest absolute Gasteiger partial charge is 0.335 e. The largest absolute Gasteiger partial charge is 0.464 e. The lowest BCUT2D eigenvalue weighted by Gasteiger charge is -2.17. The lowest BCUT2D eigenvalue weighted by Crippen LogP contribution is -2.29. The molecule has 0 spiro atoms. The summed E-state index contributed by atoms with van der Waals surface area (Å²) in [6.07, 6.45) is 1.29. The predicted octanol–water partition coefficient (Wildman–Crippen LogP) is 1.28. The topological polar surface area (TPSA) is 55.8 Å². The van der Waals surface area contributed by atoms with Gasteiger partial charge in [-0.1, -0.05) is 6.08 Å². The van der Waals surface area contributed by atoms with Crippen LogP contribution in [0.15, 0.2) is 12.7 Å². The van der Waals surface area contributed by atoms with Gasteiger partial charge in [-0.2, -0.15) is 0 Å². The summed E-state index contributed by atoms with van der Waals surface area (Å²) in [5, 5.41) is 9.48. The molecule has 0 aromatic carbocycles. The van der Waals surface area contributed by atoms with Crippen molar-refractivity contribution in [1.29, 1.82) is 0 Å². The van der Waals surface area contributed by atoms with Crippen LogP contribution in [0, 0.1) is 0 Å². The van der Waals surface area contributed by atoms with Gasteiger partial charge in [0.05, 0.1) is 12.7 Å². The van der Waals surface area contributed by atoms with Gasteiger partial charge in [0.15, 0.2) is 6.10 Å². The van der Waals surface area contributed by atoms with E-state index in [0.29, 0.717) is 13.0 Å². The van der Waals surface area contributed by atoms with Crippen LogP contribution >= 0.6 is 0 Å². The Hall–Kier alpha value is -0.870. The Morgan fingerprint density at radius 2 is 2.13 bits per heavy atom. The summed E-state index contributed by atoms with van der Waals surface area (Å²) >= 11 is 0. The average molecular weight is 216 g/mol. The number of carbonyl (C=O) groups is 1. The fourth-order valence-electron chi connectivity index (χ4n) is 1.24. The number of rotatable bonds is 8. The Balaban J connectivity index is 4.02.